The fourth-order valence-corrected chi connectivity index (χ4v) is 3.68. The van der Waals surface area contributed by atoms with Gasteiger partial charge in [0, 0.05) is 13.1 Å². The zero-order valence-corrected chi connectivity index (χ0v) is 14.7. The van der Waals surface area contributed by atoms with Gasteiger partial charge in [-0.2, -0.15) is 0 Å². The van der Waals surface area contributed by atoms with Crippen LogP contribution in [0.25, 0.3) is 10.8 Å². The van der Waals surface area contributed by atoms with Gasteiger partial charge in [-0.25, -0.2) is 0 Å². The third-order valence-electron chi connectivity index (χ3n) is 5.47. The lowest BCUT2D eigenvalue weighted by molar-refractivity contribution is -0.114. The molecule has 0 saturated carbocycles. The van der Waals surface area contributed by atoms with Gasteiger partial charge in [0.2, 0.25) is 0 Å². The van der Waals surface area contributed by atoms with E-state index >= 15 is 0 Å². The minimum Gasteiger partial charge on any atom is -0.379 e. The molecule has 0 N–H and O–H groups in total. The normalized spacial score (nSPS) is 18.6. The Bertz CT molecular complexity index is 691. The molecule has 3 heteroatoms. The topological polar surface area (TPSA) is 29.5 Å². The maximum absolute atomic E-state index is 12.2. The molecule has 0 spiro atoms. The van der Waals surface area contributed by atoms with Crippen LogP contribution in [0.5, 0.6) is 0 Å². The van der Waals surface area contributed by atoms with Crippen molar-refractivity contribution in [3.8, 4) is 0 Å². The van der Waals surface area contributed by atoms with Crippen molar-refractivity contribution in [2.45, 2.75) is 25.7 Å². The first-order chi connectivity index (χ1) is 11.7. The molecule has 0 radical (unpaired) electrons. The number of hydrogen-bond donors (Lipinski definition) is 0. The summed E-state index contributed by atoms with van der Waals surface area (Å²) in [6.07, 6.45) is 2.04. The Labute approximate surface area is 144 Å². The van der Waals surface area contributed by atoms with Gasteiger partial charge < -0.3 is 9.53 Å². The maximum atomic E-state index is 12.2. The highest BCUT2D eigenvalue weighted by molar-refractivity contribution is 5.84. The molecule has 2 aromatic carbocycles. The Morgan fingerprint density at radius 1 is 1.12 bits per heavy atom. The predicted octanol–water partition coefficient (Wildman–Crippen LogP) is 3.65. The summed E-state index contributed by atoms with van der Waals surface area (Å²) in [4.78, 5) is 14.6. The lowest BCUT2D eigenvalue weighted by Gasteiger charge is -2.36. The van der Waals surface area contributed by atoms with E-state index in [1.54, 1.807) is 0 Å². The first-order valence-corrected chi connectivity index (χ1v) is 8.91. The van der Waals surface area contributed by atoms with Crippen LogP contribution >= 0.6 is 0 Å². The third kappa shape index (κ3) is 3.38. The Hall–Kier alpha value is -1.71. The lowest BCUT2D eigenvalue weighted by atomic mass is 9.70. The van der Waals surface area contributed by atoms with E-state index in [9.17, 15) is 4.79 Å². The quantitative estimate of drug-likeness (QED) is 0.759. The Kier molecular flexibility index (Phi) is 5.32. The predicted molar refractivity (Wildman–Crippen MR) is 98.4 cm³/mol. The first-order valence-electron chi connectivity index (χ1n) is 8.91. The van der Waals surface area contributed by atoms with Gasteiger partial charge in [-0.05, 0) is 35.2 Å². The second-order valence-electron chi connectivity index (χ2n) is 7.08. The summed E-state index contributed by atoms with van der Waals surface area (Å²) >= 11 is 0. The van der Waals surface area contributed by atoms with Crippen LogP contribution in [0.2, 0.25) is 0 Å². The molecule has 1 atom stereocenters. The molecule has 0 aromatic heterocycles. The summed E-state index contributed by atoms with van der Waals surface area (Å²) in [6.45, 7) is 8.77. The van der Waals surface area contributed by atoms with Gasteiger partial charge in [0.1, 0.15) is 6.29 Å². The fraction of sp³-hybridized carbons (Fsp3) is 0.476. The van der Waals surface area contributed by atoms with Crippen molar-refractivity contribution in [3.63, 3.8) is 0 Å². The number of rotatable bonds is 6. The van der Waals surface area contributed by atoms with E-state index in [0.29, 0.717) is 0 Å². The van der Waals surface area contributed by atoms with Gasteiger partial charge in [-0.3, -0.25) is 4.90 Å². The molecule has 1 aliphatic heterocycles. The number of carbonyl (C=O) groups excluding carboxylic acids is 1. The molecule has 2 aromatic rings. The molecule has 1 aliphatic rings. The molecule has 1 saturated heterocycles. The zero-order chi connectivity index (χ0) is 17.0. The summed E-state index contributed by atoms with van der Waals surface area (Å²) in [6, 6.07) is 14.8. The Balaban J connectivity index is 1.89. The van der Waals surface area contributed by atoms with Gasteiger partial charge in [0.15, 0.2) is 0 Å². The number of carbonyl (C=O) groups is 1. The van der Waals surface area contributed by atoms with E-state index in [4.69, 9.17) is 4.74 Å². The molecule has 1 fully saturated rings. The minimum absolute atomic E-state index is 0.261. The molecular weight excluding hydrogens is 298 g/mol. The summed E-state index contributed by atoms with van der Waals surface area (Å²) in [5, 5.41) is 2.42. The number of aldehydes is 1. The monoisotopic (exact) mass is 325 g/mol. The molecule has 0 amide bonds. The van der Waals surface area contributed by atoms with E-state index in [1.807, 2.05) is 0 Å². The average Bonchev–Trinajstić information content (AvgIpc) is 2.63. The molecule has 24 heavy (non-hydrogen) atoms. The van der Waals surface area contributed by atoms with Gasteiger partial charge in [0.25, 0.3) is 0 Å². The van der Waals surface area contributed by atoms with E-state index < -0.39 is 5.41 Å². The van der Waals surface area contributed by atoms with Gasteiger partial charge in [-0.1, -0.05) is 56.3 Å². The number of morpholine rings is 1. The summed E-state index contributed by atoms with van der Waals surface area (Å²) in [5.41, 5.74) is 0.710. The second-order valence-corrected chi connectivity index (χ2v) is 7.08. The standard InChI is InChI=1S/C21H27NO2/c1-17(2)21(16-23,9-10-22-11-13-24-14-12-22)20-8-7-18-5-3-4-6-19(18)15-20/h3-8,15-17H,9-14H2,1-2H3. The number of fused-ring (bicyclic) bond motifs is 1. The van der Waals surface area contributed by atoms with Crippen LogP contribution in [-0.2, 0) is 14.9 Å². The molecule has 1 heterocycles. The van der Waals surface area contributed by atoms with Crippen molar-refractivity contribution in [2.75, 3.05) is 32.8 Å². The van der Waals surface area contributed by atoms with Crippen molar-refractivity contribution in [2.24, 2.45) is 5.92 Å². The van der Waals surface area contributed by atoms with Crippen LogP contribution < -0.4 is 0 Å². The number of ether oxygens (including phenoxy) is 1. The minimum atomic E-state index is -0.428. The summed E-state index contributed by atoms with van der Waals surface area (Å²) < 4.78 is 5.43. The lowest BCUT2D eigenvalue weighted by Crippen LogP contribution is -2.42. The fourth-order valence-electron chi connectivity index (χ4n) is 3.68. The van der Waals surface area contributed by atoms with Crippen molar-refractivity contribution in [1.29, 1.82) is 0 Å². The Morgan fingerprint density at radius 2 is 1.83 bits per heavy atom. The highest BCUT2D eigenvalue weighted by Crippen LogP contribution is 2.36. The average molecular weight is 325 g/mol. The highest BCUT2D eigenvalue weighted by atomic mass is 16.5. The van der Waals surface area contributed by atoms with E-state index in [2.05, 4.69) is 61.2 Å². The van der Waals surface area contributed by atoms with Crippen LogP contribution in [0.4, 0.5) is 0 Å². The maximum Gasteiger partial charge on any atom is 0.130 e. The van der Waals surface area contributed by atoms with E-state index in [0.717, 1.165) is 44.8 Å². The molecule has 3 nitrogen and oxygen atoms in total. The Morgan fingerprint density at radius 3 is 2.50 bits per heavy atom. The molecule has 0 bridgehead atoms. The van der Waals surface area contributed by atoms with Crippen LogP contribution in [0.3, 0.4) is 0 Å². The van der Waals surface area contributed by atoms with Crippen molar-refractivity contribution >= 4 is 17.1 Å². The highest BCUT2D eigenvalue weighted by Gasteiger charge is 2.36. The second kappa shape index (κ2) is 7.45. The summed E-state index contributed by atoms with van der Waals surface area (Å²) in [7, 11) is 0. The van der Waals surface area contributed by atoms with Crippen LogP contribution in [0, 0.1) is 5.92 Å². The van der Waals surface area contributed by atoms with Crippen molar-refractivity contribution < 1.29 is 9.53 Å². The molecule has 128 valence electrons. The van der Waals surface area contributed by atoms with Crippen molar-refractivity contribution in [1.82, 2.24) is 4.90 Å². The van der Waals surface area contributed by atoms with E-state index in [1.165, 1.54) is 17.1 Å². The number of hydrogen-bond acceptors (Lipinski definition) is 3. The molecular formula is C21H27NO2. The van der Waals surface area contributed by atoms with Crippen LogP contribution in [0.1, 0.15) is 25.8 Å². The largest absolute Gasteiger partial charge is 0.379 e. The van der Waals surface area contributed by atoms with Gasteiger partial charge in [0.05, 0.1) is 18.6 Å². The number of benzene rings is 2. The van der Waals surface area contributed by atoms with Crippen LogP contribution in [-0.4, -0.2) is 44.0 Å². The van der Waals surface area contributed by atoms with Crippen molar-refractivity contribution in [3.05, 3.63) is 48.0 Å². The molecule has 3 rings (SSSR count). The first kappa shape index (κ1) is 17.1. The molecule has 1 unspecified atom stereocenters. The SMILES string of the molecule is CC(C)C(C=O)(CCN1CCOCC1)c1ccc2ccccc2c1. The van der Waals surface area contributed by atoms with Crippen LogP contribution in [0.15, 0.2) is 42.5 Å². The van der Waals surface area contributed by atoms with E-state index in [-0.39, 0.29) is 5.92 Å². The number of nitrogens with zero attached hydrogens (tertiary/aromatic N) is 1. The molecule has 0 aliphatic carbocycles. The third-order valence-corrected chi connectivity index (χ3v) is 5.47. The zero-order valence-electron chi connectivity index (χ0n) is 14.7. The smallest absolute Gasteiger partial charge is 0.130 e. The van der Waals surface area contributed by atoms with Gasteiger partial charge >= 0.3 is 0 Å². The summed E-state index contributed by atoms with van der Waals surface area (Å²) in [5.74, 6) is 0.261. The van der Waals surface area contributed by atoms with Gasteiger partial charge in [-0.15, -0.1) is 0 Å².